The van der Waals surface area contributed by atoms with E-state index in [2.05, 4.69) is 12.2 Å². The van der Waals surface area contributed by atoms with E-state index >= 15 is 0 Å². The Hall–Kier alpha value is -0.0800. The van der Waals surface area contributed by atoms with Crippen LogP contribution < -0.4 is 5.32 Å². The molecule has 0 spiro atoms. The van der Waals surface area contributed by atoms with E-state index in [0.29, 0.717) is 12.5 Å². The molecule has 0 aromatic heterocycles. The molecule has 6 atom stereocenters. The second kappa shape index (κ2) is 6.13. The third kappa shape index (κ3) is 2.71. The zero-order valence-electron chi connectivity index (χ0n) is 12.5. The van der Waals surface area contributed by atoms with Gasteiger partial charge >= 0.3 is 0 Å². The third-order valence-electron chi connectivity index (χ3n) is 6.33. The van der Waals surface area contributed by atoms with Crippen LogP contribution in [0.4, 0.5) is 0 Å². The highest BCUT2D eigenvalue weighted by Crippen LogP contribution is 2.58. The van der Waals surface area contributed by atoms with Crippen LogP contribution in [-0.2, 0) is 0 Å². The van der Waals surface area contributed by atoms with Crippen molar-refractivity contribution >= 4 is 0 Å². The molecule has 2 nitrogen and oxygen atoms in total. The Balaban J connectivity index is 1.49. The largest absolute Gasteiger partial charge is 0.396 e. The zero-order chi connectivity index (χ0) is 13.2. The number of aliphatic hydroxyl groups is 1. The summed E-state index contributed by atoms with van der Waals surface area (Å²) in [6, 6.07) is 0.808. The van der Waals surface area contributed by atoms with Crippen LogP contribution in [0.15, 0.2) is 0 Å². The maximum Gasteiger partial charge on any atom is 0.0434 e. The van der Waals surface area contributed by atoms with E-state index in [-0.39, 0.29) is 0 Å². The predicted molar refractivity (Wildman–Crippen MR) is 78.9 cm³/mol. The van der Waals surface area contributed by atoms with Gasteiger partial charge in [-0.3, -0.25) is 0 Å². The molecule has 0 aliphatic heterocycles. The summed E-state index contributed by atoms with van der Waals surface area (Å²) in [6.07, 6.45) is 11.0. The van der Waals surface area contributed by atoms with Gasteiger partial charge in [-0.25, -0.2) is 0 Å². The summed E-state index contributed by atoms with van der Waals surface area (Å²) in [4.78, 5) is 0. The standard InChI is InChI=1S/C17H31NO/c1-2-4-12(7-8-19)11-18-17-10-13-9-16(17)15-6-3-5-14(13)15/h12-19H,2-11H2,1H3. The quantitative estimate of drug-likeness (QED) is 0.741. The van der Waals surface area contributed by atoms with E-state index in [4.69, 9.17) is 5.11 Å². The van der Waals surface area contributed by atoms with Gasteiger partial charge in [0.25, 0.3) is 0 Å². The molecule has 3 aliphatic rings. The van der Waals surface area contributed by atoms with Gasteiger partial charge in [0, 0.05) is 12.6 Å². The van der Waals surface area contributed by atoms with Gasteiger partial charge in [0.1, 0.15) is 0 Å². The summed E-state index contributed by atoms with van der Waals surface area (Å²) in [5, 5.41) is 13.0. The Morgan fingerprint density at radius 3 is 2.74 bits per heavy atom. The van der Waals surface area contributed by atoms with E-state index in [0.717, 1.165) is 42.7 Å². The van der Waals surface area contributed by atoms with Gasteiger partial charge in [-0.1, -0.05) is 19.8 Å². The van der Waals surface area contributed by atoms with Gasteiger partial charge in [-0.05, 0) is 74.7 Å². The fourth-order valence-corrected chi connectivity index (χ4v) is 5.56. The SMILES string of the molecule is CCCC(CCO)CNC1CC2CC1C1CCCC21. The van der Waals surface area contributed by atoms with Crippen LogP contribution in [0.25, 0.3) is 0 Å². The lowest BCUT2D eigenvalue weighted by atomic mass is 9.79. The van der Waals surface area contributed by atoms with Crippen molar-refractivity contribution in [1.29, 1.82) is 0 Å². The van der Waals surface area contributed by atoms with Gasteiger partial charge in [-0.2, -0.15) is 0 Å². The summed E-state index contributed by atoms with van der Waals surface area (Å²) in [6.45, 7) is 3.75. The minimum absolute atomic E-state index is 0.355. The van der Waals surface area contributed by atoms with Gasteiger partial charge in [0.05, 0.1) is 0 Å². The molecule has 3 fully saturated rings. The number of hydrogen-bond acceptors (Lipinski definition) is 2. The molecule has 0 aromatic carbocycles. The lowest BCUT2D eigenvalue weighted by molar-refractivity contribution is 0.194. The molecule has 19 heavy (non-hydrogen) atoms. The molecular formula is C17H31NO. The van der Waals surface area contributed by atoms with Crippen LogP contribution in [0, 0.1) is 29.6 Å². The summed E-state index contributed by atoms with van der Waals surface area (Å²) >= 11 is 0. The summed E-state index contributed by atoms with van der Waals surface area (Å²) in [7, 11) is 0. The highest BCUT2D eigenvalue weighted by Gasteiger charge is 2.53. The van der Waals surface area contributed by atoms with Gasteiger partial charge in [0.2, 0.25) is 0 Å². The van der Waals surface area contributed by atoms with Crippen molar-refractivity contribution in [3.8, 4) is 0 Å². The number of nitrogens with one attached hydrogen (secondary N) is 1. The molecule has 0 heterocycles. The second-order valence-electron chi connectivity index (χ2n) is 7.34. The molecule has 2 bridgehead atoms. The average molecular weight is 265 g/mol. The third-order valence-corrected chi connectivity index (χ3v) is 6.33. The van der Waals surface area contributed by atoms with Crippen LogP contribution >= 0.6 is 0 Å². The van der Waals surface area contributed by atoms with Crippen LogP contribution in [0.1, 0.15) is 58.3 Å². The van der Waals surface area contributed by atoms with Gasteiger partial charge in [-0.15, -0.1) is 0 Å². The molecule has 2 heteroatoms. The summed E-state index contributed by atoms with van der Waals surface area (Å²) in [5.74, 6) is 4.91. The first kappa shape index (κ1) is 13.9. The topological polar surface area (TPSA) is 32.3 Å². The number of fused-ring (bicyclic) bond motifs is 5. The molecule has 0 radical (unpaired) electrons. The molecule has 0 saturated heterocycles. The first-order valence-corrected chi connectivity index (χ1v) is 8.67. The molecule has 2 N–H and O–H groups in total. The fraction of sp³-hybridized carbons (Fsp3) is 1.00. The van der Waals surface area contributed by atoms with Crippen molar-refractivity contribution in [3.63, 3.8) is 0 Å². The zero-order valence-corrected chi connectivity index (χ0v) is 12.5. The lowest BCUT2D eigenvalue weighted by Crippen LogP contribution is -2.41. The Bertz CT molecular complexity index is 287. The van der Waals surface area contributed by atoms with E-state index < -0.39 is 0 Å². The van der Waals surface area contributed by atoms with Crippen LogP contribution in [-0.4, -0.2) is 24.3 Å². The van der Waals surface area contributed by atoms with Crippen molar-refractivity contribution in [2.24, 2.45) is 29.6 Å². The predicted octanol–water partition coefficient (Wildman–Crippen LogP) is 3.20. The molecule has 110 valence electrons. The Labute approximate surface area is 118 Å². The Kier molecular flexibility index (Phi) is 4.48. The normalized spacial score (nSPS) is 41.7. The van der Waals surface area contributed by atoms with E-state index in [1.54, 1.807) is 0 Å². The highest BCUT2D eigenvalue weighted by molar-refractivity contribution is 5.05. The molecule has 3 aliphatic carbocycles. The van der Waals surface area contributed by atoms with Crippen molar-refractivity contribution in [3.05, 3.63) is 0 Å². The monoisotopic (exact) mass is 265 g/mol. The molecule has 6 unspecified atom stereocenters. The molecule has 3 rings (SSSR count). The summed E-state index contributed by atoms with van der Waals surface area (Å²) < 4.78 is 0. The first-order valence-electron chi connectivity index (χ1n) is 8.67. The number of hydrogen-bond donors (Lipinski definition) is 2. The maximum absolute atomic E-state index is 9.16. The summed E-state index contributed by atoms with van der Waals surface area (Å²) in [5.41, 5.74) is 0. The lowest BCUT2D eigenvalue weighted by Gasteiger charge is -2.33. The number of aliphatic hydroxyl groups excluding tert-OH is 1. The number of rotatable bonds is 7. The van der Waals surface area contributed by atoms with Crippen LogP contribution in [0.5, 0.6) is 0 Å². The van der Waals surface area contributed by atoms with E-state index in [1.807, 2.05) is 0 Å². The van der Waals surface area contributed by atoms with Crippen molar-refractivity contribution in [2.75, 3.05) is 13.2 Å². The van der Waals surface area contributed by atoms with Gasteiger partial charge in [0.15, 0.2) is 0 Å². The van der Waals surface area contributed by atoms with Crippen LogP contribution in [0.2, 0.25) is 0 Å². The Morgan fingerprint density at radius 1 is 1.11 bits per heavy atom. The smallest absolute Gasteiger partial charge is 0.0434 e. The van der Waals surface area contributed by atoms with Gasteiger partial charge < -0.3 is 10.4 Å². The van der Waals surface area contributed by atoms with Crippen molar-refractivity contribution in [2.45, 2.75) is 64.3 Å². The minimum Gasteiger partial charge on any atom is -0.396 e. The van der Waals surface area contributed by atoms with Crippen LogP contribution in [0.3, 0.4) is 0 Å². The van der Waals surface area contributed by atoms with Crippen molar-refractivity contribution < 1.29 is 5.11 Å². The molecule has 0 aromatic rings. The first-order chi connectivity index (χ1) is 9.33. The molecule has 0 amide bonds. The molecular weight excluding hydrogens is 234 g/mol. The maximum atomic E-state index is 9.16. The average Bonchev–Trinajstić information content (AvgIpc) is 3.08. The van der Waals surface area contributed by atoms with E-state index in [9.17, 15) is 0 Å². The Morgan fingerprint density at radius 2 is 1.95 bits per heavy atom. The van der Waals surface area contributed by atoms with Crippen molar-refractivity contribution in [1.82, 2.24) is 5.32 Å². The molecule has 3 saturated carbocycles. The highest BCUT2D eigenvalue weighted by atomic mass is 16.3. The second-order valence-corrected chi connectivity index (χ2v) is 7.34. The fourth-order valence-electron chi connectivity index (χ4n) is 5.56. The van der Waals surface area contributed by atoms with E-state index in [1.165, 1.54) is 44.9 Å². The minimum atomic E-state index is 0.355.